The number of aliphatic hydroxyl groups excluding tert-OH is 1. The summed E-state index contributed by atoms with van der Waals surface area (Å²) in [6, 6.07) is -8.13. The number of carbonyl (C=O) groups excluding carboxylic acids is 7. The normalized spacial score (nSPS) is 15.5. The molecule has 0 radical (unpaired) electrons. The highest BCUT2D eigenvalue weighted by Gasteiger charge is 2.34. The second-order valence-corrected chi connectivity index (χ2v) is 12.4. The summed E-state index contributed by atoms with van der Waals surface area (Å²) in [4.78, 5) is 112. The van der Waals surface area contributed by atoms with Crippen LogP contribution in [0.2, 0.25) is 0 Å². The summed E-state index contributed by atoms with van der Waals surface area (Å²) >= 11 is 0. The van der Waals surface area contributed by atoms with Gasteiger partial charge in [0.15, 0.2) is 0 Å². The fourth-order valence-corrected chi connectivity index (χ4v) is 4.54. The van der Waals surface area contributed by atoms with Gasteiger partial charge in [-0.15, -0.1) is 0 Å². The number of rotatable bonds is 26. The lowest BCUT2D eigenvalue weighted by atomic mass is 9.96. The van der Waals surface area contributed by atoms with Crippen LogP contribution in [0.4, 0.5) is 0 Å². The van der Waals surface area contributed by atoms with E-state index < -0.39 is 115 Å². The molecule has 0 aliphatic rings. The third kappa shape index (κ3) is 18.4. The molecule has 8 atom stereocenters. The van der Waals surface area contributed by atoms with Gasteiger partial charge in [-0.05, 0) is 58.4 Å². The van der Waals surface area contributed by atoms with E-state index in [4.69, 9.17) is 22.3 Å². The predicted molar refractivity (Wildman–Crippen MR) is 183 cm³/mol. The van der Waals surface area contributed by atoms with Crippen LogP contribution in [0.3, 0.4) is 0 Å². The van der Waals surface area contributed by atoms with Crippen LogP contribution in [0.1, 0.15) is 79.1 Å². The first-order valence-corrected chi connectivity index (χ1v) is 16.9. The molecule has 0 aromatic carbocycles. The minimum absolute atomic E-state index is 0.0947. The summed E-state index contributed by atoms with van der Waals surface area (Å²) in [6.07, 6.45) is -1.70. The Morgan fingerprint density at radius 1 is 0.654 bits per heavy atom. The summed E-state index contributed by atoms with van der Waals surface area (Å²) in [5, 5.41) is 42.7. The molecule has 0 bridgehead atoms. The van der Waals surface area contributed by atoms with Gasteiger partial charge in [0, 0.05) is 12.8 Å². The highest BCUT2D eigenvalue weighted by Crippen LogP contribution is 2.11. The SMILES string of the molecule is CC[C@H](C)[C@H](NC(=O)[C@H](CCC(N)=O)NC(=O)CNC(=O)[C@@H](NC(=O)[C@H](CCC(=O)O)NC(=O)[C@H](C)N)[C@@H](C)O)C(=O)N[C@@H](CCCCN)C(=O)O. The van der Waals surface area contributed by atoms with E-state index >= 15 is 0 Å². The lowest BCUT2D eigenvalue weighted by Gasteiger charge is -2.28. The van der Waals surface area contributed by atoms with Crippen LogP contribution in [0.15, 0.2) is 0 Å². The van der Waals surface area contributed by atoms with E-state index in [0.29, 0.717) is 25.8 Å². The van der Waals surface area contributed by atoms with Gasteiger partial charge in [-0.3, -0.25) is 38.4 Å². The molecular formula is C31H55N9O12. The zero-order valence-electron chi connectivity index (χ0n) is 29.9. The Morgan fingerprint density at radius 3 is 1.67 bits per heavy atom. The maximum absolute atomic E-state index is 13.4. The first-order chi connectivity index (χ1) is 24.2. The number of carboxylic acids is 2. The number of aliphatic carboxylic acids is 2. The molecule has 0 aliphatic heterocycles. The smallest absolute Gasteiger partial charge is 0.326 e. The molecule has 0 saturated carbocycles. The van der Waals surface area contributed by atoms with Gasteiger partial charge in [0.1, 0.15) is 30.2 Å². The molecule has 7 amide bonds. The molecule has 15 N–H and O–H groups in total. The molecule has 296 valence electrons. The zero-order chi connectivity index (χ0) is 40.1. The van der Waals surface area contributed by atoms with Crippen LogP contribution in [-0.2, 0) is 43.2 Å². The largest absolute Gasteiger partial charge is 0.481 e. The van der Waals surface area contributed by atoms with Crippen molar-refractivity contribution < 1.29 is 58.5 Å². The second-order valence-electron chi connectivity index (χ2n) is 12.4. The molecule has 0 fully saturated rings. The molecular weight excluding hydrogens is 690 g/mol. The molecule has 52 heavy (non-hydrogen) atoms. The minimum atomic E-state index is -1.69. The Morgan fingerprint density at radius 2 is 1.19 bits per heavy atom. The standard InChI is InChI=1S/C31H55N9O12/c1-5-15(2)24(30(50)38-20(31(51)52)8-6-7-13-32)39-27(47)18(9-11-21(34)42)36-22(43)14-35-29(49)25(17(4)41)40-28(48)19(10-12-23(44)45)37-26(46)16(3)33/h15-20,24-25,41H,5-14,32-33H2,1-4H3,(H2,34,42)(H,35,49)(H,36,43)(H,37,46)(H,38,50)(H,39,47)(H,40,48)(H,44,45)(H,51,52)/t15-,16-,17+,18-,19-,20-,24-,25-/m0/s1. The van der Waals surface area contributed by atoms with E-state index in [2.05, 4.69) is 31.9 Å². The molecule has 0 aromatic heterocycles. The minimum Gasteiger partial charge on any atom is -0.481 e. The number of nitrogens with one attached hydrogen (secondary N) is 6. The predicted octanol–water partition coefficient (Wildman–Crippen LogP) is -4.36. The van der Waals surface area contributed by atoms with E-state index in [1.54, 1.807) is 13.8 Å². The Balaban J connectivity index is 5.80. The highest BCUT2D eigenvalue weighted by molar-refractivity contribution is 5.96. The quantitative estimate of drug-likeness (QED) is 0.0373. The van der Waals surface area contributed by atoms with Crippen LogP contribution < -0.4 is 49.1 Å². The van der Waals surface area contributed by atoms with Gasteiger partial charge in [-0.25, -0.2) is 4.79 Å². The summed E-state index contributed by atoms with van der Waals surface area (Å²) < 4.78 is 0. The van der Waals surface area contributed by atoms with Crippen molar-refractivity contribution in [1.82, 2.24) is 31.9 Å². The molecule has 0 saturated heterocycles. The number of primary amides is 1. The van der Waals surface area contributed by atoms with E-state index in [0.717, 1.165) is 6.92 Å². The van der Waals surface area contributed by atoms with Gasteiger partial charge in [0.05, 0.1) is 18.7 Å². The van der Waals surface area contributed by atoms with Crippen LogP contribution in [0.5, 0.6) is 0 Å². The number of aliphatic hydroxyl groups is 1. The average molecular weight is 746 g/mol. The van der Waals surface area contributed by atoms with E-state index in [-0.39, 0.29) is 25.7 Å². The maximum atomic E-state index is 13.4. The highest BCUT2D eigenvalue weighted by atomic mass is 16.4. The number of nitrogens with two attached hydrogens (primary N) is 3. The maximum Gasteiger partial charge on any atom is 0.326 e. The Kier molecular flexibility index (Phi) is 22.0. The first kappa shape index (κ1) is 47.1. The second kappa shape index (κ2) is 24.3. The van der Waals surface area contributed by atoms with Crippen molar-refractivity contribution >= 4 is 53.3 Å². The molecule has 0 aliphatic carbocycles. The third-order valence-electron chi connectivity index (χ3n) is 7.87. The van der Waals surface area contributed by atoms with Crippen molar-refractivity contribution in [2.45, 2.75) is 121 Å². The van der Waals surface area contributed by atoms with Crippen LogP contribution in [-0.4, -0.2) is 124 Å². The van der Waals surface area contributed by atoms with Gasteiger partial charge in [-0.1, -0.05) is 20.3 Å². The molecule has 0 spiro atoms. The summed E-state index contributed by atoms with van der Waals surface area (Å²) in [5.41, 5.74) is 16.2. The first-order valence-electron chi connectivity index (χ1n) is 16.9. The fraction of sp³-hybridized carbons (Fsp3) is 0.710. The molecule has 0 aromatic rings. The molecule has 0 unspecified atom stereocenters. The summed E-state index contributed by atoms with van der Waals surface area (Å²) in [7, 11) is 0. The van der Waals surface area contributed by atoms with E-state index in [9.17, 15) is 53.4 Å². The zero-order valence-corrected chi connectivity index (χ0v) is 29.9. The fourth-order valence-electron chi connectivity index (χ4n) is 4.54. The number of hydrogen-bond donors (Lipinski definition) is 12. The van der Waals surface area contributed by atoms with Crippen molar-refractivity contribution in [3.05, 3.63) is 0 Å². The van der Waals surface area contributed by atoms with Crippen LogP contribution in [0, 0.1) is 5.92 Å². The summed E-state index contributed by atoms with van der Waals surface area (Å²) in [5.74, 6) is -9.40. The summed E-state index contributed by atoms with van der Waals surface area (Å²) in [6.45, 7) is 5.37. The third-order valence-corrected chi connectivity index (χ3v) is 7.87. The van der Waals surface area contributed by atoms with Gasteiger partial charge in [-0.2, -0.15) is 0 Å². The van der Waals surface area contributed by atoms with E-state index in [1.807, 2.05) is 0 Å². The molecule has 0 heterocycles. The van der Waals surface area contributed by atoms with E-state index in [1.165, 1.54) is 6.92 Å². The molecule has 0 rings (SSSR count). The average Bonchev–Trinajstić information content (AvgIpc) is 3.06. The van der Waals surface area contributed by atoms with Crippen LogP contribution >= 0.6 is 0 Å². The lowest BCUT2D eigenvalue weighted by Crippen LogP contribution is -2.59. The van der Waals surface area contributed by atoms with Gasteiger partial charge >= 0.3 is 11.9 Å². The Bertz CT molecular complexity index is 1260. The van der Waals surface area contributed by atoms with Gasteiger partial charge in [0.2, 0.25) is 41.4 Å². The van der Waals surface area contributed by atoms with Crippen molar-refractivity contribution in [2.75, 3.05) is 13.1 Å². The van der Waals surface area contributed by atoms with Crippen molar-refractivity contribution in [1.29, 1.82) is 0 Å². The van der Waals surface area contributed by atoms with Crippen molar-refractivity contribution in [2.24, 2.45) is 23.1 Å². The number of amides is 7. The lowest BCUT2D eigenvalue weighted by molar-refractivity contribution is -0.143. The number of carbonyl (C=O) groups is 9. The van der Waals surface area contributed by atoms with Crippen molar-refractivity contribution in [3.8, 4) is 0 Å². The topological polar surface area (TPSA) is 365 Å². The number of carboxylic acid groups (broad SMARTS) is 2. The van der Waals surface area contributed by atoms with Crippen molar-refractivity contribution in [3.63, 3.8) is 0 Å². The Hall–Kier alpha value is -4.89. The molecule has 21 nitrogen and oxygen atoms in total. The van der Waals surface area contributed by atoms with Crippen LogP contribution in [0.25, 0.3) is 0 Å². The van der Waals surface area contributed by atoms with Gasteiger partial charge in [0.25, 0.3) is 0 Å². The monoisotopic (exact) mass is 745 g/mol. The van der Waals surface area contributed by atoms with Gasteiger partial charge < -0.3 is 64.4 Å². The number of unbranched alkanes of at least 4 members (excludes halogenated alkanes) is 1. The Labute approximate surface area is 301 Å². The number of hydrogen-bond acceptors (Lipinski definition) is 12. The molecule has 21 heteroatoms.